The first-order valence-corrected chi connectivity index (χ1v) is 6.68. The van der Waals surface area contributed by atoms with Gasteiger partial charge in [-0.3, -0.25) is 0 Å². The zero-order valence-electron chi connectivity index (χ0n) is 11.1. The molecule has 19 heavy (non-hydrogen) atoms. The monoisotopic (exact) mass is 272 g/mol. The summed E-state index contributed by atoms with van der Waals surface area (Å²) < 4.78 is 38.1. The Balaban J connectivity index is 2.30. The van der Waals surface area contributed by atoms with E-state index in [9.17, 15) is 13.2 Å². The summed E-state index contributed by atoms with van der Waals surface area (Å²) in [4.78, 5) is 1.45. The second kappa shape index (κ2) is 5.72. The molecule has 0 amide bonds. The van der Waals surface area contributed by atoms with Crippen molar-refractivity contribution in [1.82, 2.24) is 0 Å². The van der Waals surface area contributed by atoms with Crippen molar-refractivity contribution in [3.63, 3.8) is 0 Å². The molecule has 0 unspecified atom stereocenters. The molecule has 0 radical (unpaired) electrons. The average molecular weight is 272 g/mol. The molecule has 106 valence electrons. The van der Waals surface area contributed by atoms with Gasteiger partial charge >= 0.3 is 6.18 Å². The van der Waals surface area contributed by atoms with Crippen molar-refractivity contribution < 1.29 is 13.2 Å². The van der Waals surface area contributed by atoms with Gasteiger partial charge in [0.2, 0.25) is 0 Å². The van der Waals surface area contributed by atoms with E-state index in [-0.39, 0.29) is 0 Å². The Kier molecular flexibility index (Phi) is 4.22. The topological polar surface area (TPSA) is 15.3 Å². The summed E-state index contributed by atoms with van der Waals surface area (Å²) in [5.41, 5.74) is 2.72. The zero-order valence-corrected chi connectivity index (χ0v) is 11.1. The normalized spacial score (nSPS) is 14.7. The van der Waals surface area contributed by atoms with Gasteiger partial charge in [-0.25, -0.2) is 0 Å². The molecule has 2 nitrogen and oxygen atoms in total. The molecular formula is C14H19F3N2. The molecule has 0 atom stereocenters. The molecule has 0 bridgehead atoms. The van der Waals surface area contributed by atoms with Crippen LogP contribution in [0.15, 0.2) is 18.2 Å². The summed E-state index contributed by atoms with van der Waals surface area (Å²) >= 11 is 0. The van der Waals surface area contributed by atoms with Gasteiger partial charge in [0.1, 0.15) is 6.54 Å². The molecule has 0 fully saturated rings. The van der Waals surface area contributed by atoms with Crippen LogP contribution in [0.2, 0.25) is 0 Å². The van der Waals surface area contributed by atoms with E-state index in [1.807, 2.05) is 19.1 Å². The van der Waals surface area contributed by atoms with Crippen molar-refractivity contribution >= 4 is 11.4 Å². The highest BCUT2D eigenvalue weighted by molar-refractivity contribution is 5.68. The van der Waals surface area contributed by atoms with Gasteiger partial charge in [0.15, 0.2) is 0 Å². The molecule has 0 aromatic heterocycles. The van der Waals surface area contributed by atoms with Crippen molar-refractivity contribution in [3.05, 3.63) is 23.8 Å². The van der Waals surface area contributed by atoms with Gasteiger partial charge in [-0.05, 0) is 37.0 Å². The minimum Gasteiger partial charge on any atom is -0.385 e. The average Bonchev–Trinajstić information content (AvgIpc) is 2.36. The number of nitrogens with zero attached hydrogens (tertiary/aromatic N) is 1. The molecule has 0 saturated heterocycles. The number of halogens is 3. The van der Waals surface area contributed by atoms with Gasteiger partial charge in [-0.2, -0.15) is 13.2 Å². The molecule has 0 saturated carbocycles. The summed E-state index contributed by atoms with van der Waals surface area (Å²) in [5, 5.41) is 3.25. The smallest absolute Gasteiger partial charge is 0.385 e. The second-order valence-corrected chi connectivity index (χ2v) is 4.87. The lowest BCUT2D eigenvalue weighted by Gasteiger charge is -2.30. The quantitative estimate of drug-likeness (QED) is 0.896. The van der Waals surface area contributed by atoms with Crippen LogP contribution in [0.1, 0.15) is 25.3 Å². The first-order valence-electron chi connectivity index (χ1n) is 6.68. The van der Waals surface area contributed by atoms with Crippen LogP contribution in [0, 0.1) is 0 Å². The minimum absolute atomic E-state index is 0.427. The number of anilines is 2. The molecular weight excluding hydrogens is 253 g/mol. The van der Waals surface area contributed by atoms with Crippen LogP contribution in [0.25, 0.3) is 0 Å². The Bertz CT molecular complexity index is 429. The number of benzene rings is 1. The maximum Gasteiger partial charge on any atom is 0.405 e. The third kappa shape index (κ3) is 3.55. The summed E-state index contributed by atoms with van der Waals surface area (Å²) in [6.07, 6.45) is -1.65. The lowest BCUT2D eigenvalue weighted by Crippen LogP contribution is -2.35. The van der Waals surface area contributed by atoms with Gasteiger partial charge in [0.25, 0.3) is 0 Å². The Morgan fingerprint density at radius 3 is 2.79 bits per heavy atom. The summed E-state index contributed by atoms with van der Waals surface area (Å²) in [5.74, 6) is 0. The Labute approximate surface area is 111 Å². The number of nitrogens with one attached hydrogen (secondary N) is 1. The predicted molar refractivity (Wildman–Crippen MR) is 71.8 cm³/mol. The highest BCUT2D eigenvalue weighted by Crippen LogP contribution is 2.33. The van der Waals surface area contributed by atoms with E-state index < -0.39 is 12.7 Å². The lowest BCUT2D eigenvalue weighted by atomic mass is 10.0. The van der Waals surface area contributed by atoms with Gasteiger partial charge in [-0.15, -0.1) is 0 Å². The maximum absolute atomic E-state index is 12.7. The second-order valence-electron chi connectivity index (χ2n) is 4.87. The zero-order chi connectivity index (χ0) is 13.9. The minimum atomic E-state index is -4.17. The van der Waals surface area contributed by atoms with Gasteiger partial charge in [0.05, 0.1) is 0 Å². The first kappa shape index (κ1) is 14.0. The SMILES string of the molecule is CCCN(CC(F)(F)F)c1cccc2c1CCCN2. The summed E-state index contributed by atoms with van der Waals surface area (Å²) in [6.45, 7) is 2.34. The van der Waals surface area contributed by atoms with E-state index in [1.165, 1.54) is 4.90 Å². The fourth-order valence-corrected chi connectivity index (χ4v) is 2.56. The molecule has 2 rings (SSSR count). The Hall–Kier alpha value is -1.39. The summed E-state index contributed by atoms with van der Waals surface area (Å²) in [7, 11) is 0. The van der Waals surface area contributed by atoms with E-state index >= 15 is 0 Å². The maximum atomic E-state index is 12.7. The molecule has 0 aliphatic carbocycles. The van der Waals surface area contributed by atoms with Crippen LogP contribution in [-0.4, -0.2) is 25.8 Å². The van der Waals surface area contributed by atoms with Gasteiger partial charge in [-0.1, -0.05) is 13.0 Å². The molecule has 1 aromatic carbocycles. The first-order chi connectivity index (χ1) is 9.01. The Morgan fingerprint density at radius 2 is 2.11 bits per heavy atom. The van der Waals surface area contributed by atoms with Crippen LogP contribution < -0.4 is 10.2 Å². The predicted octanol–water partition coefficient (Wildman–Crippen LogP) is 3.82. The van der Waals surface area contributed by atoms with Crippen molar-refractivity contribution in [2.75, 3.05) is 29.9 Å². The highest BCUT2D eigenvalue weighted by Gasteiger charge is 2.31. The number of rotatable bonds is 4. The van der Waals surface area contributed by atoms with Crippen LogP contribution in [0.3, 0.4) is 0 Å². The fourth-order valence-electron chi connectivity index (χ4n) is 2.56. The Morgan fingerprint density at radius 1 is 1.32 bits per heavy atom. The molecule has 1 aromatic rings. The lowest BCUT2D eigenvalue weighted by molar-refractivity contribution is -0.119. The van der Waals surface area contributed by atoms with Crippen molar-refractivity contribution in [1.29, 1.82) is 0 Å². The van der Waals surface area contributed by atoms with Gasteiger partial charge < -0.3 is 10.2 Å². The van der Waals surface area contributed by atoms with E-state index in [0.29, 0.717) is 13.0 Å². The molecule has 5 heteroatoms. The number of hydrogen-bond donors (Lipinski definition) is 1. The van der Waals surface area contributed by atoms with Crippen LogP contribution >= 0.6 is 0 Å². The van der Waals surface area contributed by atoms with Crippen molar-refractivity contribution in [2.24, 2.45) is 0 Å². The van der Waals surface area contributed by atoms with E-state index in [0.717, 1.165) is 36.3 Å². The third-order valence-electron chi connectivity index (χ3n) is 3.27. The fraction of sp³-hybridized carbons (Fsp3) is 0.571. The van der Waals surface area contributed by atoms with Crippen LogP contribution in [0.4, 0.5) is 24.5 Å². The van der Waals surface area contributed by atoms with E-state index in [2.05, 4.69) is 5.32 Å². The molecule has 1 aliphatic heterocycles. The number of hydrogen-bond acceptors (Lipinski definition) is 2. The largest absolute Gasteiger partial charge is 0.405 e. The van der Waals surface area contributed by atoms with Crippen LogP contribution in [0.5, 0.6) is 0 Å². The number of alkyl halides is 3. The molecule has 1 heterocycles. The highest BCUT2D eigenvalue weighted by atomic mass is 19.4. The summed E-state index contributed by atoms with van der Waals surface area (Å²) in [6, 6.07) is 5.56. The van der Waals surface area contributed by atoms with E-state index in [4.69, 9.17) is 0 Å². The van der Waals surface area contributed by atoms with Crippen molar-refractivity contribution in [3.8, 4) is 0 Å². The third-order valence-corrected chi connectivity index (χ3v) is 3.27. The molecule has 1 aliphatic rings. The number of fused-ring (bicyclic) bond motifs is 1. The van der Waals surface area contributed by atoms with Crippen LogP contribution in [-0.2, 0) is 6.42 Å². The van der Waals surface area contributed by atoms with E-state index in [1.54, 1.807) is 6.07 Å². The van der Waals surface area contributed by atoms with Crippen molar-refractivity contribution in [2.45, 2.75) is 32.4 Å². The molecule has 1 N–H and O–H groups in total. The van der Waals surface area contributed by atoms with Gasteiger partial charge in [0, 0.05) is 24.5 Å². The molecule has 0 spiro atoms. The standard InChI is InChI=1S/C14H19F3N2/c1-2-9-19(10-14(15,16)17)13-7-3-6-12-11(13)5-4-8-18-12/h3,6-7,18H,2,4-5,8-10H2,1H3.